The minimum atomic E-state index is 0.624. The van der Waals surface area contributed by atoms with E-state index in [1.807, 2.05) is 30.3 Å². The Morgan fingerprint density at radius 1 is 1.05 bits per heavy atom. The van der Waals surface area contributed by atoms with Gasteiger partial charge in [-0.2, -0.15) is 0 Å². The molecule has 0 aliphatic carbocycles. The van der Waals surface area contributed by atoms with Crippen LogP contribution >= 0.6 is 11.6 Å². The molecule has 3 fully saturated rings. The monoisotopic (exact) mass is 287 g/mol. The molecule has 3 nitrogen and oxygen atoms in total. The van der Waals surface area contributed by atoms with Crippen molar-refractivity contribution < 1.29 is 0 Å². The second kappa shape index (κ2) is 4.90. The van der Waals surface area contributed by atoms with E-state index >= 15 is 0 Å². The quantitative estimate of drug-likeness (QED) is 0.803. The minimum Gasteiger partial charge on any atom is -0.352 e. The van der Waals surface area contributed by atoms with Crippen LogP contribution in [0.4, 0.5) is 5.82 Å². The number of nitrogens with zero attached hydrogens (tertiary/aromatic N) is 3. The van der Waals surface area contributed by atoms with Gasteiger partial charge in [0.2, 0.25) is 0 Å². The third kappa shape index (κ3) is 2.05. The summed E-state index contributed by atoms with van der Waals surface area (Å²) in [5.41, 5.74) is 0.995. The highest BCUT2D eigenvalue weighted by Crippen LogP contribution is 2.30. The minimum absolute atomic E-state index is 0.624. The standard InChI is InChI=1S/C16H18ClN3/c17-14-11-16(18-15-4-2-1-3-13(14)15)20-10-9-19-7-5-12(20)6-8-19/h1-4,11-12H,5-10H2. The molecule has 3 aliphatic heterocycles. The number of piperidine rings is 1. The van der Waals surface area contributed by atoms with E-state index in [-0.39, 0.29) is 0 Å². The summed E-state index contributed by atoms with van der Waals surface area (Å²) in [6.45, 7) is 4.65. The fourth-order valence-electron chi connectivity index (χ4n) is 3.45. The fraction of sp³-hybridized carbons (Fsp3) is 0.438. The van der Waals surface area contributed by atoms with Crippen molar-refractivity contribution in [1.29, 1.82) is 0 Å². The van der Waals surface area contributed by atoms with Gasteiger partial charge in [-0.1, -0.05) is 29.8 Å². The maximum atomic E-state index is 6.45. The van der Waals surface area contributed by atoms with Gasteiger partial charge in [-0.05, 0) is 25.0 Å². The van der Waals surface area contributed by atoms with Crippen molar-refractivity contribution in [2.24, 2.45) is 0 Å². The lowest BCUT2D eigenvalue weighted by Gasteiger charge is -2.32. The first-order valence-electron chi connectivity index (χ1n) is 7.35. The van der Waals surface area contributed by atoms with Gasteiger partial charge in [-0.3, -0.25) is 0 Å². The molecular formula is C16H18ClN3. The molecule has 3 saturated heterocycles. The number of benzene rings is 1. The molecule has 20 heavy (non-hydrogen) atoms. The number of hydrogen-bond acceptors (Lipinski definition) is 3. The summed E-state index contributed by atoms with van der Waals surface area (Å²) in [7, 11) is 0. The number of aromatic nitrogens is 1. The molecular weight excluding hydrogens is 270 g/mol. The van der Waals surface area contributed by atoms with Gasteiger partial charge in [0.05, 0.1) is 10.5 Å². The Balaban J connectivity index is 1.77. The predicted molar refractivity (Wildman–Crippen MR) is 83.6 cm³/mol. The van der Waals surface area contributed by atoms with E-state index in [0.29, 0.717) is 6.04 Å². The highest BCUT2D eigenvalue weighted by atomic mass is 35.5. The van der Waals surface area contributed by atoms with E-state index in [1.165, 1.54) is 25.9 Å². The van der Waals surface area contributed by atoms with E-state index in [0.717, 1.165) is 34.8 Å². The molecule has 0 radical (unpaired) electrons. The van der Waals surface area contributed by atoms with Gasteiger partial charge in [0.1, 0.15) is 5.82 Å². The van der Waals surface area contributed by atoms with Gasteiger partial charge in [-0.15, -0.1) is 0 Å². The lowest BCUT2D eigenvalue weighted by atomic mass is 10.1. The Bertz CT molecular complexity index is 635. The lowest BCUT2D eigenvalue weighted by Crippen LogP contribution is -2.38. The van der Waals surface area contributed by atoms with Gasteiger partial charge in [0.25, 0.3) is 0 Å². The van der Waals surface area contributed by atoms with Crippen molar-refractivity contribution in [3.63, 3.8) is 0 Å². The van der Waals surface area contributed by atoms with Gasteiger partial charge in [0.15, 0.2) is 0 Å². The summed E-state index contributed by atoms with van der Waals surface area (Å²) in [5.74, 6) is 1.04. The van der Waals surface area contributed by atoms with Crippen molar-refractivity contribution in [2.45, 2.75) is 18.9 Å². The molecule has 3 aliphatic rings. The number of fused-ring (bicyclic) bond motifs is 5. The van der Waals surface area contributed by atoms with Crippen LogP contribution in [-0.4, -0.2) is 42.1 Å². The zero-order chi connectivity index (χ0) is 13.5. The molecule has 4 heteroatoms. The highest BCUT2D eigenvalue weighted by molar-refractivity contribution is 6.35. The summed E-state index contributed by atoms with van der Waals surface area (Å²) >= 11 is 6.45. The first kappa shape index (κ1) is 12.4. The van der Waals surface area contributed by atoms with Crippen molar-refractivity contribution in [1.82, 2.24) is 9.88 Å². The predicted octanol–water partition coefficient (Wildman–Crippen LogP) is 3.17. The van der Waals surface area contributed by atoms with Crippen LogP contribution in [0.1, 0.15) is 12.8 Å². The Kier molecular flexibility index (Phi) is 3.04. The molecule has 1 aromatic carbocycles. The summed E-state index contributed by atoms with van der Waals surface area (Å²) in [4.78, 5) is 9.86. The second-order valence-electron chi connectivity index (χ2n) is 5.75. The van der Waals surface area contributed by atoms with Crippen LogP contribution in [0, 0.1) is 0 Å². The van der Waals surface area contributed by atoms with E-state index in [9.17, 15) is 0 Å². The molecule has 0 unspecified atom stereocenters. The second-order valence-corrected chi connectivity index (χ2v) is 6.15. The normalized spacial score (nSPS) is 25.9. The molecule has 0 N–H and O–H groups in total. The van der Waals surface area contributed by atoms with Crippen LogP contribution in [0.3, 0.4) is 0 Å². The van der Waals surface area contributed by atoms with Crippen molar-refractivity contribution in [3.05, 3.63) is 35.4 Å². The molecule has 0 spiro atoms. The molecule has 0 amide bonds. The first-order valence-corrected chi connectivity index (χ1v) is 7.73. The summed E-state index contributed by atoms with van der Waals surface area (Å²) < 4.78 is 0. The third-order valence-electron chi connectivity index (χ3n) is 4.60. The Hall–Kier alpha value is -1.32. The maximum absolute atomic E-state index is 6.45. The zero-order valence-electron chi connectivity index (χ0n) is 11.4. The number of anilines is 1. The number of hydrogen-bond donors (Lipinski definition) is 0. The molecule has 1 aromatic heterocycles. The first-order chi connectivity index (χ1) is 9.81. The number of halogens is 1. The number of rotatable bonds is 1. The van der Waals surface area contributed by atoms with Crippen LogP contribution in [0.5, 0.6) is 0 Å². The van der Waals surface area contributed by atoms with Gasteiger partial charge >= 0.3 is 0 Å². The van der Waals surface area contributed by atoms with Crippen LogP contribution in [0.2, 0.25) is 5.02 Å². The maximum Gasteiger partial charge on any atom is 0.131 e. The Morgan fingerprint density at radius 2 is 1.85 bits per heavy atom. The molecule has 2 bridgehead atoms. The van der Waals surface area contributed by atoms with Crippen molar-refractivity contribution in [2.75, 3.05) is 31.1 Å². The SMILES string of the molecule is Clc1cc(N2CCN3CCC2CC3)nc2ccccc12. The molecule has 2 aromatic rings. The summed E-state index contributed by atoms with van der Waals surface area (Å²) in [6.07, 6.45) is 2.48. The van der Waals surface area contributed by atoms with E-state index in [4.69, 9.17) is 16.6 Å². The van der Waals surface area contributed by atoms with Crippen LogP contribution in [-0.2, 0) is 0 Å². The topological polar surface area (TPSA) is 19.4 Å². The van der Waals surface area contributed by atoms with E-state index in [2.05, 4.69) is 9.80 Å². The zero-order valence-corrected chi connectivity index (χ0v) is 12.2. The molecule has 0 saturated carbocycles. The average molecular weight is 288 g/mol. The smallest absolute Gasteiger partial charge is 0.131 e. The third-order valence-corrected chi connectivity index (χ3v) is 4.91. The van der Waals surface area contributed by atoms with E-state index < -0.39 is 0 Å². The van der Waals surface area contributed by atoms with Crippen LogP contribution in [0.25, 0.3) is 10.9 Å². The van der Waals surface area contributed by atoms with Crippen LogP contribution in [0.15, 0.2) is 30.3 Å². The van der Waals surface area contributed by atoms with Crippen molar-refractivity contribution in [3.8, 4) is 0 Å². The molecule has 4 heterocycles. The Labute approximate surface area is 124 Å². The highest BCUT2D eigenvalue weighted by Gasteiger charge is 2.29. The van der Waals surface area contributed by atoms with Gasteiger partial charge in [0, 0.05) is 37.6 Å². The molecule has 5 rings (SSSR count). The van der Waals surface area contributed by atoms with Crippen molar-refractivity contribution >= 4 is 28.3 Å². The van der Waals surface area contributed by atoms with Crippen LogP contribution < -0.4 is 4.90 Å². The van der Waals surface area contributed by atoms with E-state index in [1.54, 1.807) is 0 Å². The lowest BCUT2D eigenvalue weighted by molar-refractivity contribution is 0.250. The summed E-state index contributed by atoms with van der Waals surface area (Å²) in [6, 6.07) is 10.8. The van der Waals surface area contributed by atoms with Gasteiger partial charge in [-0.25, -0.2) is 4.98 Å². The molecule has 0 atom stereocenters. The largest absolute Gasteiger partial charge is 0.352 e. The number of pyridine rings is 1. The number of para-hydroxylation sites is 1. The summed E-state index contributed by atoms with van der Waals surface area (Å²) in [5, 5.41) is 1.85. The average Bonchev–Trinajstić information content (AvgIpc) is 2.81. The molecule has 104 valence electrons. The fourth-order valence-corrected chi connectivity index (χ4v) is 3.71. The Morgan fingerprint density at radius 3 is 2.70 bits per heavy atom. The van der Waals surface area contributed by atoms with Gasteiger partial charge < -0.3 is 9.80 Å².